The quantitative estimate of drug-likeness (QED) is 0.538. The molecule has 182 valence electrons. The number of hydrogen-bond acceptors (Lipinski definition) is 5. The minimum Gasteiger partial charge on any atom is -0.497 e. The second-order valence-electron chi connectivity index (χ2n) is 9.36. The third-order valence-corrected chi connectivity index (χ3v) is 5.82. The Balaban J connectivity index is 1.59. The summed E-state index contributed by atoms with van der Waals surface area (Å²) in [7, 11) is 0.955. The van der Waals surface area contributed by atoms with Crippen molar-refractivity contribution in [2.24, 2.45) is 5.41 Å². The molecular formula is C26H28BF2N3O3. The Hall–Kier alpha value is -3.30. The summed E-state index contributed by atoms with van der Waals surface area (Å²) in [5, 5.41) is 12.8. The maximum absolute atomic E-state index is 13.8. The molecule has 0 amide bonds. The molecule has 1 aromatic heterocycles. The van der Waals surface area contributed by atoms with Crippen LogP contribution in [-0.4, -0.2) is 42.9 Å². The van der Waals surface area contributed by atoms with E-state index in [2.05, 4.69) is 25.5 Å². The van der Waals surface area contributed by atoms with E-state index in [0.717, 1.165) is 5.56 Å². The maximum atomic E-state index is 13.8. The van der Waals surface area contributed by atoms with Crippen LogP contribution in [0.3, 0.4) is 0 Å². The molecule has 0 radical (unpaired) electrons. The largest absolute Gasteiger partial charge is 0.497 e. The lowest BCUT2D eigenvalue weighted by atomic mass is 9.68. The molecule has 0 unspecified atom stereocenters. The van der Waals surface area contributed by atoms with Crippen LogP contribution in [0.2, 0.25) is 0 Å². The monoisotopic (exact) mass is 479 g/mol. The molecule has 2 aromatic rings. The number of aromatic nitrogens is 2. The van der Waals surface area contributed by atoms with Crippen molar-refractivity contribution in [2.75, 3.05) is 20.3 Å². The Morgan fingerprint density at radius 1 is 1.29 bits per heavy atom. The average molecular weight is 479 g/mol. The zero-order valence-corrected chi connectivity index (χ0v) is 20.1. The fraction of sp³-hybridized carbons (Fsp3) is 0.308. The first-order valence-corrected chi connectivity index (χ1v) is 11.3. The van der Waals surface area contributed by atoms with Crippen LogP contribution in [0.4, 0.5) is 8.78 Å². The third-order valence-electron chi connectivity index (χ3n) is 5.82. The van der Waals surface area contributed by atoms with E-state index >= 15 is 0 Å². The van der Waals surface area contributed by atoms with Crippen molar-refractivity contribution in [1.29, 1.82) is 5.41 Å². The molecule has 1 aliphatic carbocycles. The summed E-state index contributed by atoms with van der Waals surface area (Å²) in [6.45, 7) is 9.39. The molecule has 1 fully saturated rings. The lowest BCUT2D eigenvalue weighted by Gasteiger charge is -2.34. The summed E-state index contributed by atoms with van der Waals surface area (Å²) in [5.74, 6) is 0.686. The fourth-order valence-corrected chi connectivity index (χ4v) is 3.86. The third kappa shape index (κ3) is 5.69. The predicted molar refractivity (Wildman–Crippen MR) is 133 cm³/mol. The van der Waals surface area contributed by atoms with Gasteiger partial charge in [-0.25, -0.2) is 8.78 Å². The predicted octanol–water partition coefficient (Wildman–Crippen LogP) is 5.43. The van der Waals surface area contributed by atoms with Crippen LogP contribution in [0.15, 0.2) is 72.3 Å². The Labute approximate surface area is 204 Å². The summed E-state index contributed by atoms with van der Waals surface area (Å²) >= 11 is 0. The smallest absolute Gasteiger partial charge is 0.494 e. The maximum Gasteiger partial charge on any atom is 0.494 e. The van der Waals surface area contributed by atoms with Crippen LogP contribution in [0.25, 0.3) is 5.57 Å². The van der Waals surface area contributed by atoms with Gasteiger partial charge in [-0.15, -0.1) is 0 Å². The number of rotatable bonds is 7. The molecule has 0 atom stereocenters. The normalized spacial score (nSPS) is 18.8. The highest BCUT2D eigenvalue weighted by Crippen LogP contribution is 2.31. The van der Waals surface area contributed by atoms with Gasteiger partial charge >= 0.3 is 7.12 Å². The molecule has 9 heteroatoms. The van der Waals surface area contributed by atoms with Crippen LogP contribution in [0, 0.1) is 10.8 Å². The van der Waals surface area contributed by atoms with Crippen molar-refractivity contribution in [3.05, 3.63) is 89.2 Å². The molecule has 0 spiro atoms. The summed E-state index contributed by atoms with van der Waals surface area (Å²) in [5.41, 5.74) is 2.76. The molecule has 35 heavy (non-hydrogen) atoms. The van der Waals surface area contributed by atoms with E-state index in [1.807, 2.05) is 18.2 Å². The molecule has 6 nitrogen and oxygen atoms in total. The molecule has 2 aliphatic rings. The Morgan fingerprint density at radius 2 is 1.97 bits per heavy atom. The van der Waals surface area contributed by atoms with Gasteiger partial charge < -0.3 is 19.5 Å². The number of halogens is 2. The van der Waals surface area contributed by atoms with Gasteiger partial charge in [0.25, 0.3) is 6.43 Å². The molecule has 0 bridgehead atoms. The Kier molecular flexibility index (Phi) is 7.19. The second kappa shape index (κ2) is 10.1. The first kappa shape index (κ1) is 24.8. The standard InChI is InChI=1S/C26H28BF2N3O3/c1-17(12-20-21(6-5-7-22(20)30)27-34-15-26(2,3)16-35-27)23-13-24(25(28)29)32(31-23)14-18-8-10-19(33-4)11-9-18/h5-13,25,30H,1,14-16H2,2-4H3/b20-12-,30-22?. The van der Waals surface area contributed by atoms with Gasteiger partial charge in [0.1, 0.15) is 11.4 Å². The van der Waals surface area contributed by atoms with Gasteiger partial charge in [0, 0.05) is 18.6 Å². The van der Waals surface area contributed by atoms with Crippen molar-refractivity contribution < 1.29 is 22.8 Å². The number of hydrogen-bond donors (Lipinski definition) is 1. The average Bonchev–Trinajstić information content (AvgIpc) is 3.25. The van der Waals surface area contributed by atoms with E-state index in [1.54, 1.807) is 37.5 Å². The van der Waals surface area contributed by atoms with Gasteiger partial charge in [-0.2, -0.15) is 5.10 Å². The van der Waals surface area contributed by atoms with Crippen molar-refractivity contribution in [3.63, 3.8) is 0 Å². The molecule has 2 heterocycles. The van der Waals surface area contributed by atoms with Gasteiger partial charge in [0.2, 0.25) is 0 Å². The zero-order valence-electron chi connectivity index (χ0n) is 20.1. The van der Waals surface area contributed by atoms with Gasteiger partial charge in [-0.1, -0.05) is 44.7 Å². The lowest BCUT2D eigenvalue weighted by molar-refractivity contribution is 0.0325. The molecule has 1 aliphatic heterocycles. The zero-order chi connectivity index (χ0) is 25.2. The highest BCUT2D eigenvalue weighted by atomic mass is 19.3. The van der Waals surface area contributed by atoms with Crippen LogP contribution in [0.5, 0.6) is 5.75 Å². The molecule has 4 rings (SSSR count). The van der Waals surface area contributed by atoms with Crippen molar-refractivity contribution in [2.45, 2.75) is 26.8 Å². The van der Waals surface area contributed by atoms with Crippen LogP contribution >= 0.6 is 0 Å². The van der Waals surface area contributed by atoms with E-state index in [9.17, 15) is 8.78 Å². The van der Waals surface area contributed by atoms with Crippen LogP contribution in [-0.2, 0) is 15.9 Å². The molecular weight excluding hydrogens is 451 g/mol. The number of benzene rings is 1. The summed E-state index contributed by atoms with van der Waals surface area (Å²) in [6, 6.07) is 8.51. The topological polar surface area (TPSA) is 69.4 Å². The van der Waals surface area contributed by atoms with E-state index in [-0.39, 0.29) is 23.4 Å². The van der Waals surface area contributed by atoms with Gasteiger partial charge in [0.05, 0.1) is 25.1 Å². The number of nitrogens with one attached hydrogen (secondary N) is 1. The van der Waals surface area contributed by atoms with E-state index < -0.39 is 13.5 Å². The highest BCUT2D eigenvalue weighted by molar-refractivity contribution is 6.57. The van der Waals surface area contributed by atoms with Crippen LogP contribution in [0.1, 0.15) is 37.2 Å². The number of allylic oxidation sites excluding steroid dienone is 7. The number of alkyl halides is 2. The SMILES string of the molecule is C=C(/C=C1\C(=N)C=CC=C1B1OCC(C)(C)CO1)c1cc(C(F)F)n(Cc2ccc(OC)cc2)n1. The first-order chi connectivity index (χ1) is 16.7. The van der Waals surface area contributed by atoms with Crippen molar-refractivity contribution in [1.82, 2.24) is 9.78 Å². The minimum atomic E-state index is -2.70. The first-order valence-electron chi connectivity index (χ1n) is 11.3. The number of ether oxygens (including phenoxy) is 1. The van der Waals surface area contributed by atoms with Crippen LogP contribution < -0.4 is 4.74 Å². The van der Waals surface area contributed by atoms with Gasteiger partial charge in [-0.3, -0.25) is 4.68 Å². The second-order valence-corrected chi connectivity index (χ2v) is 9.36. The van der Waals surface area contributed by atoms with E-state index in [4.69, 9.17) is 19.5 Å². The Morgan fingerprint density at radius 3 is 2.60 bits per heavy atom. The number of methoxy groups -OCH3 is 1. The molecule has 0 saturated carbocycles. The van der Waals surface area contributed by atoms with E-state index in [0.29, 0.717) is 41.3 Å². The van der Waals surface area contributed by atoms with E-state index in [1.165, 1.54) is 10.7 Å². The lowest BCUT2D eigenvalue weighted by Crippen LogP contribution is -2.42. The molecule has 1 N–H and O–H groups in total. The van der Waals surface area contributed by atoms with Crippen molar-refractivity contribution >= 4 is 18.4 Å². The summed E-state index contributed by atoms with van der Waals surface area (Å²) < 4.78 is 45.9. The molecule has 1 aromatic carbocycles. The highest BCUT2D eigenvalue weighted by Gasteiger charge is 2.37. The fourth-order valence-electron chi connectivity index (χ4n) is 3.86. The summed E-state index contributed by atoms with van der Waals surface area (Å²) in [6.07, 6.45) is 4.24. The van der Waals surface area contributed by atoms with Gasteiger partial charge in [0.15, 0.2) is 0 Å². The minimum absolute atomic E-state index is 0.0923. The summed E-state index contributed by atoms with van der Waals surface area (Å²) in [4.78, 5) is 0. The number of nitrogens with zero attached hydrogens (tertiary/aromatic N) is 2. The molecule has 1 saturated heterocycles. The van der Waals surface area contributed by atoms with Crippen molar-refractivity contribution in [3.8, 4) is 5.75 Å². The van der Waals surface area contributed by atoms with Gasteiger partial charge in [-0.05, 0) is 52.5 Å². The Bertz CT molecular complexity index is 1200.